The largest absolute Gasteiger partial charge is 0.356 e. The van der Waals surface area contributed by atoms with Gasteiger partial charge in [-0.15, -0.1) is 0 Å². The SMILES string of the molecule is CN=C(NCCN1CCCN(C)CC1)NCC(C)c1ccc(C)cc1. The van der Waals surface area contributed by atoms with Crippen LogP contribution in [0.1, 0.15) is 30.4 Å². The molecule has 1 atom stereocenters. The Morgan fingerprint density at radius 3 is 2.60 bits per heavy atom. The molecular weight excluding hydrogens is 310 g/mol. The van der Waals surface area contributed by atoms with Gasteiger partial charge in [-0.05, 0) is 45.0 Å². The highest BCUT2D eigenvalue weighted by atomic mass is 15.2. The summed E-state index contributed by atoms with van der Waals surface area (Å²) in [5, 5.41) is 6.90. The van der Waals surface area contributed by atoms with Gasteiger partial charge in [0.15, 0.2) is 5.96 Å². The zero-order chi connectivity index (χ0) is 18.1. The normalized spacial score (nSPS) is 18.6. The molecule has 1 unspecified atom stereocenters. The van der Waals surface area contributed by atoms with Crippen LogP contribution in [0.15, 0.2) is 29.3 Å². The average Bonchev–Trinajstić information content (AvgIpc) is 2.82. The molecule has 0 aromatic heterocycles. The Labute approximate surface area is 153 Å². The van der Waals surface area contributed by atoms with E-state index in [0.29, 0.717) is 5.92 Å². The number of hydrogen-bond acceptors (Lipinski definition) is 3. The highest BCUT2D eigenvalue weighted by molar-refractivity contribution is 5.79. The van der Waals surface area contributed by atoms with E-state index >= 15 is 0 Å². The van der Waals surface area contributed by atoms with E-state index < -0.39 is 0 Å². The van der Waals surface area contributed by atoms with Gasteiger partial charge in [0.2, 0.25) is 0 Å². The number of rotatable bonds is 6. The van der Waals surface area contributed by atoms with E-state index in [-0.39, 0.29) is 0 Å². The van der Waals surface area contributed by atoms with Gasteiger partial charge in [0.05, 0.1) is 0 Å². The standard InChI is InChI=1S/C20H35N5/c1-17-6-8-19(9-7-17)18(2)16-23-20(21-3)22-10-13-25-12-5-11-24(4)14-15-25/h6-9,18H,5,10-16H2,1-4H3,(H2,21,22,23). The first kappa shape index (κ1) is 19.7. The van der Waals surface area contributed by atoms with Crippen molar-refractivity contribution in [2.45, 2.75) is 26.2 Å². The minimum Gasteiger partial charge on any atom is -0.356 e. The number of aliphatic imine (C=N–C) groups is 1. The first-order chi connectivity index (χ1) is 12.1. The Bertz CT molecular complexity index is 525. The monoisotopic (exact) mass is 345 g/mol. The molecule has 1 fully saturated rings. The van der Waals surface area contributed by atoms with Crippen LogP contribution >= 0.6 is 0 Å². The molecule has 2 rings (SSSR count). The fraction of sp³-hybridized carbons (Fsp3) is 0.650. The Kier molecular flexibility index (Phi) is 8.22. The molecule has 1 aliphatic rings. The third-order valence-corrected chi connectivity index (χ3v) is 4.98. The molecule has 1 aromatic rings. The van der Waals surface area contributed by atoms with Crippen molar-refractivity contribution in [1.82, 2.24) is 20.4 Å². The topological polar surface area (TPSA) is 42.9 Å². The molecule has 5 nitrogen and oxygen atoms in total. The average molecular weight is 346 g/mol. The van der Waals surface area contributed by atoms with E-state index in [1.165, 1.54) is 37.2 Å². The first-order valence-corrected chi connectivity index (χ1v) is 9.50. The quantitative estimate of drug-likeness (QED) is 0.610. The summed E-state index contributed by atoms with van der Waals surface area (Å²) in [6.45, 7) is 12.0. The molecular formula is C20H35N5. The molecule has 1 heterocycles. The third kappa shape index (κ3) is 7.04. The molecule has 0 radical (unpaired) electrons. The molecule has 0 aliphatic carbocycles. The lowest BCUT2D eigenvalue weighted by Crippen LogP contribution is -2.43. The van der Waals surface area contributed by atoms with Crippen LogP contribution in [0.2, 0.25) is 0 Å². The van der Waals surface area contributed by atoms with Crippen molar-refractivity contribution in [1.29, 1.82) is 0 Å². The summed E-state index contributed by atoms with van der Waals surface area (Å²) in [5.41, 5.74) is 2.67. The number of likely N-dealkylation sites (N-methyl/N-ethyl adjacent to an activating group) is 1. The Balaban J connectivity index is 1.69. The van der Waals surface area contributed by atoms with Gasteiger partial charge in [0.1, 0.15) is 0 Å². The maximum absolute atomic E-state index is 4.35. The van der Waals surface area contributed by atoms with Gasteiger partial charge in [-0.2, -0.15) is 0 Å². The minimum atomic E-state index is 0.459. The smallest absolute Gasteiger partial charge is 0.191 e. The van der Waals surface area contributed by atoms with Gasteiger partial charge < -0.3 is 20.4 Å². The molecule has 25 heavy (non-hydrogen) atoms. The highest BCUT2D eigenvalue weighted by Gasteiger charge is 2.12. The summed E-state index contributed by atoms with van der Waals surface area (Å²) in [5.74, 6) is 1.35. The number of hydrogen-bond donors (Lipinski definition) is 2. The minimum absolute atomic E-state index is 0.459. The Hall–Kier alpha value is -1.59. The van der Waals surface area contributed by atoms with Gasteiger partial charge in [0, 0.05) is 39.8 Å². The van der Waals surface area contributed by atoms with Gasteiger partial charge in [-0.1, -0.05) is 36.8 Å². The van der Waals surface area contributed by atoms with E-state index in [9.17, 15) is 0 Å². The van der Waals surface area contributed by atoms with E-state index in [1.54, 1.807) is 0 Å². The van der Waals surface area contributed by atoms with Crippen molar-refractivity contribution in [2.24, 2.45) is 4.99 Å². The second kappa shape index (κ2) is 10.4. The second-order valence-electron chi connectivity index (χ2n) is 7.19. The van der Waals surface area contributed by atoms with E-state index in [2.05, 4.69) is 70.6 Å². The zero-order valence-corrected chi connectivity index (χ0v) is 16.4. The predicted octanol–water partition coefficient (Wildman–Crippen LogP) is 1.90. The van der Waals surface area contributed by atoms with Crippen LogP contribution in [0.5, 0.6) is 0 Å². The van der Waals surface area contributed by atoms with Crippen LogP contribution < -0.4 is 10.6 Å². The number of aryl methyl sites for hydroxylation is 1. The van der Waals surface area contributed by atoms with Crippen LogP contribution in [-0.4, -0.2) is 75.7 Å². The van der Waals surface area contributed by atoms with Crippen molar-refractivity contribution >= 4 is 5.96 Å². The maximum Gasteiger partial charge on any atom is 0.191 e. The number of nitrogens with one attached hydrogen (secondary N) is 2. The number of guanidine groups is 1. The van der Waals surface area contributed by atoms with E-state index in [4.69, 9.17) is 0 Å². The van der Waals surface area contributed by atoms with E-state index in [1.807, 2.05) is 7.05 Å². The molecule has 0 spiro atoms. The lowest BCUT2D eigenvalue weighted by molar-refractivity contribution is 0.280. The maximum atomic E-state index is 4.35. The van der Waals surface area contributed by atoms with Gasteiger partial charge >= 0.3 is 0 Å². The van der Waals surface area contributed by atoms with Gasteiger partial charge in [-0.25, -0.2) is 0 Å². The first-order valence-electron chi connectivity index (χ1n) is 9.50. The zero-order valence-electron chi connectivity index (χ0n) is 16.4. The second-order valence-corrected chi connectivity index (χ2v) is 7.19. The highest BCUT2D eigenvalue weighted by Crippen LogP contribution is 2.14. The Morgan fingerprint density at radius 2 is 1.88 bits per heavy atom. The molecule has 0 bridgehead atoms. The summed E-state index contributed by atoms with van der Waals surface area (Å²) < 4.78 is 0. The van der Waals surface area contributed by atoms with Crippen molar-refractivity contribution in [3.8, 4) is 0 Å². The lowest BCUT2D eigenvalue weighted by Gasteiger charge is -2.21. The molecule has 1 aromatic carbocycles. The van der Waals surface area contributed by atoms with Crippen molar-refractivity contribution in [3.63, 3.8) is 0 Å². The van der Waals surface area contributed by atoms with Crippen molar-refractivity contribution in [2.75, 3.05) is 59.9 Å². The fourth-order valence-electron chi connectivity index (χ4n) is 3.14. The molecule has 2 N–H and O–H groups in total. The molecule has 140 valence electrons. The van der Waals surface area contributed by atoms with Gasteiger partial charge in [0.25, 0.3) is 0 Å². The summed E-state index contributed by atoms with van der Waals surface area (Å²) in [6.07, 6.45) is 1.26. The fourth-order valence-corrected chi connectivity index (χ4v) is 3.14. The van der Waals surface area contributed by atoms with Gasteiger partial charge in [-0.3, -0.25) is 4.99 Å². The number of nitrogens with zero attached hydrogens (tertiary/aromatic N) is 3. The summed E-state index contributed by atoms with van der Waals surface area (Å²) >= 11 is 0. The Morgan fingerprint density at radius 1 is 1.12 bits per heavy atom. The summed E-state index contributed by atoms with van der Waals surface area (Å²) in [6, 6.07) is 8.79. The molecule has 5 heteroatoms. The van der Waals surface area contributed by atoms with Crippen LogP contribution in [0.25, 0.3) is 0 Å². The predicted molar refractivity (Wildman–Crippen MR) is 108 cm³/mol. The van der Waals surface area contributed by atoms with Crippen LogP contribution in [0.3, 0.4) is 0 Å². The van der Waals surface area contributed by atoms with E-state index in [0.717, 1.165) is 32.1 Å². The summed E-state index contributed by atoms with van der Waals surface area (Å²) in [4.78, 5) is 9.31. The number of benzene rings is 1. The molecule has 0 saturated carbocycles. The third-order valence-electron chi connectivity index (χ3n) is 4.98. The lowest BCUT2D eigenvalue weighted by atomic mass is 10.0. The molecule has 0 amide bonds. The van der Waals surface area contributed by atoms with Crippen LogP contribution in [-0.2, 0) is 0 Å². The van der Waals surface area contributed by atoms with Crippen molar-refractivity contribution < 1.29 is 0 Å². The van der Waals surface area contributed by atoms with Crippen molar-refractivity contribution in [3.05, 3.63) is 35.4 Å². The van der Waals surface area contributed by atoms with Crippen LogP contribution in [0, 0.1) is 6.92 Å². The van der Waals surface area contributed by atoms with Crippen LogP contribution in [0.4, 0.5) is 0 Å². The summed E-state index contributed by atoms with van der Waals surface area (Å²) in [7, 11) is 4.05. The molecule has 1 aliphatic heterocycles. The molecule has 1 saturated heterocycles.